The third-order valence-corrected chi connectivity index (χ3v) is 0.885. The number of rotatable bonds is 2. The number of hydrazine groups is 1. The molecule has 0 aromatic rings. The lowest BCUT2D eigenvalue weighted by atomic mass is 11.1. The Morgan fingerprint density at radius 2 is 2.10 bits per heavy atom. The van der Waals surface area contributed by atoms with Gasteiger partial charge in [0.15, 0.2) is 0 Å². The minimum Gasteiger partial charge on any atom is -0.367 e. The highest BCUT2D eigenvalue weighted by atomic mass is 32.2. The van der Waals surface area contributed by atoms with Crippen molar-refractivity contribution in [3.8, 4) is 0 Å². The summed E-state index contributed by atoms with van der Waals surface area (Å²) in [5, 5.41) is 6.72. The molecule has 0 aromatic carbocycles. The van der Waals surface area contributed by atoms with Crippen molar-refractivity contribution < 1.29 is 12.7 Å². The van der Waals surface area contributed by atoms with Crippen molar-refractivity contribution in [2.24, 2.45) is 11.6 Å². The van der Waals surface area contributed by atoms with Crippen molar-refractivity contribution >= 4 is 16.1 Å². The molecule has 0 fully saturated rings. The maximum absolute atomic E-state index is 10.2. The van der Waals surface area contributed by atoms with Crippen LogP contribution in [0.4, 0.5) is 0 Å². The summed E-state index contributed by atoms with van der Waals surface area (Å²) in [6.07, 6.45) is 0.788. The van der Waals surface area contributed by atoms with Gasteiger partial charge in [-0.1, -0.05) is 0 Å². The van der Waals surface area contributed by atoms with Gasteiger partial charge in [0.25, 0.3) is 10.1 Å². The van der Waals surface area contributed by atoms with Crippen LogP contribution < -0.4 is 11.6 Å². The van der Waals surface area contributed by atoms with Crippen LogP contribution in [0.2, 0.25) is 0 Å². The van der Waals surface area contributed by atoms with E-state index < -0.39 is 16.1 Å². The Balaban J connectivity index is 4.06. The molecule has 0 aromatic heterocycles. The summed E-state index contributed by atoms with van der Waals surface area (Å²) in [7, 11) is -3.69. The number of guanidine groups is 1. The van der Waals surface area contributed by atoms with Gasteiger partial charge >= 0.3 is 0 Å². The van der Waals surface area contributed by atoms with Gasteiger partial charge in [0, 0.05) is 0 Å². The number of nitrogens with one attached hydrogen (secondary N) is 1. The van der Waals surface area contributed by atoms with Gasteiger partial charge in [-0.3, -0.25) is 5.41 Å². The number of hydrogen-bond donors (Lipinski definition) is 3. The average molecular weight is 168 g/mol. The van der Waals surface area contributed by atoms with Crippen LogP contribution in [0.3, 0.4) is 0 Å². The third kappa shape index (κ3) is 4.06. The zero-order chi connectivity index (χ0) is 8.36. The first-order valence-corrected chi connectivity index (χ1v) is 3.93. The molecular formula is C2H8N4O3S. The van der Waals surface area contributed by atoms with E-state index in [0.717, 1.165) is 6.26 Å². The van der Waals surface area contributed by atoms with Crippen LogP contribution in [0.15, 0.2) is 0 Å². The average Bonchev–Trinajstić information content (AvgIpc) is 1.60. The van der Waals surface area contributed by atoms with Crippen LogP contribution in [0, 0.1) is 5.41 Å². The van der Waals surface area contributed by atoms with Crippen molar-refractivity contribution in [1.82, 2.24) is 5.17 Å². The van der Waals surface area contributed by atoms with Gasteiger partial charge in [0.05, 0.1) is 6.26 Å². The summed E-state index contributed by atoms with van der Waals surface area (Å²) in [4.78, 5) is 0. The van der Waals surface area contributed by atoms with Crippen LogP contribution in [-0.2, 0) is 14.4 Å². The second-order valence-electron chi connectivity index (χ2n) is 1.49. The first-order valence-electron chi connectivity index (χ1n) is 2.11. The molecule has 60 valence electrons. The summed E-state index contributed by atoms with van der Waals surface area (Å²) in [5.41, 5.74) is 4.74. The number of hydroxylamine groups is 1. The van der Waals surface area contributed by atoms with Crippen molar-refractivity contribution in [3.63, 3.8) is 0 Å². The molecule has 10 heavy (non-hydrogen) atoms. The fourth-order valence-electron chi connectivity index (χ4n) is 0.186. The predicted molar refractivity (Wildman–Crippen MR) is 33.9 cm³/mol. The standard InChI is InChI=1S/C2H8N4O3S/c1-10(7,8)9-6(5)2(3)4/h5H2,1H3,(H3,3,4). The summed E-state index contributed by atoms with van der Waals surface area (Å²) < 4.78 is 24.4. The third-order valence-electron chi connectivity index (χ3n) is 0.453. The minimum atomic E-state index is -3.69. The molecule has 0 rings (SSSR count). The molecular weight excluding hydrogens is 160 g/mol. The van der Waals surface area contributed by atoms with E-state index in [2.05, 4.69) is 4.28 Å². The van der Waals surface area contributed by atoms with Gasteiger partial charge in [-0.05, 0) is 0 Å². The Morgan fingerprint density at radius 3 is 2.20 bits per heavy atom. The summed E-state index contributed by atoms with van der Waals surface area (Å²) in [6, 6.07) is 0. The summed E-state index contributed by atoms with van der Waals surface area (Å²) in [6.45, 7) is 0. The molecule has 7 nitrogen and oxygen atoms in total. The van der Waals surface area contributed by atoms with Gasteiger partial charge in [-0.2, -0.15) is 8.42 Å². The maximum atomic E-state index is 10.2. The Hall–Kier alpha value is -0.860. The topological polar surface area (TPSA) is 123 Å². The molecule has 0 aliphatic heterocycles. The Morgan fingerprint density at radius 1 is 1.70 bits per heavy atom. The zero-order valence-corrected chi connectivity index (χ0v) is 6.05. The molecule has 0 saturated heterocycles. The van der Waals surface area contributed by atoms with Gasteiger partial charge in [0.2, 0.25) is 5.96 Å². The van der Waals surface area contributed by atoms with E-state index >= 15 is 0 Å². The Kier molecular flexibility index (Phi) is 2.57. The fourth-order valence-corrected chi connectivity index (χ4v) is 0.558. The van der Waals surface area contributed by atoms with Gasteiger partial charge < -0.3 is 5.73 Å². The number of nitrogens with two attached hydrogens (primary N) is 2. The molecule has 0 heterocycles. The minimum absolute atomic E-state index is 0.148. The van der Waals surface area contributed by atoms with Crippen molar-refractivity contribution in [3.05, 3.63) is 0 Å². The van der Waals surface area contributed by atoms with Crippen molar-refractivity contribution in [2.75, 3.05) is 6.26 Å². The second-order valence-corrected chi connectivity index (χ2v) is 3.05. The molecule has 0 aliphatic rings. The molecule has 0 aliphatic carbocycles. The SMILES string of the molecule is CS(=O)(=O)ON(N)C(=N)N. The molecule has 0 bridgehead atoms. The second kappa shape index (κ2) is 2.82. The first kappa shape index (κ1) is 9.14. The Bertz CT molecular complexity index is 221. The highest BCUT2D eigenvalue weighted by Gasteiger charge is 2.08. The van der Waals surface area contributed by atoms with Crippen LogP contribution in [0.1, 0.15) is 0 Å². The normalized spacial score (nSPS) is 11.0. The summed E-state index contributed by atoms with van der Waals surface area (Å²) in [5.74, 6) is 4.10. The molecule has 0 unspecified atom stereocenters. The number of hydrogen-bond acceptors (Lipinski definition) is 5. The lowest BCUT2D eigenvalue weighted by molar-refractivity contribution is 0.0254. The van der Waals surface area contributed by atoms with E-state index in [1.54, 1.807) is 0 Å². The molecule has 0 saturated carbocycles. The van der Waals surface area contributed by atoms with E-state index in [-0.39, 0.29) is 5.17 Å². The van der Waals surface area contributed by atoms with Crippen LogP contribution in [0.5, 0.6) is 0 Å². The molecule has 8 heteroatoms. The maximum Gasteiger partial charge on any atom is 0.286 e. The van der Waals surface area contributed by atoms with E-state index in [0.29, 0.717) is 0 Å². The van der Waals surface area contributed by atoms with Gasteiger partial charge in [0.1, 0.15) is 0 Å². The van der Waals surface area contributed by atoms with E-state index in [1.165, 1.54) is 0 Å². The summed E-state index contributed by atoms with van der Waals surface area (Å²) >= 11 is 0. The van der Waals surface area contributed by atoms with Gasteiger partial charge in [-0.15, -0.1) is 9.46 Å². The van der Waals surface area contributed by atoms with Crippen molar-refractivity contribution in [1.29, 1.82) is 5.41 Å². The monoisotopic (exact) mass is 168 g/mol. The molecule has 0 amide bonds. The highest BCUT2D eigenvalue weighted by Crippen LogP contribution is 1.87. The van der Waals surface area contributed by atoms with E-state index in [9.17, 15) is 8.42 Å². The molecule has 0 atom stereocenters. The van der Waals surface area contributed by atoms with Crippen molar-refractivity contribution in [2.45, 2.75) is 0 Å². The van der Waals surface area contributed by atoms with E-state index in [4.69, 9.17) is 17.0 Å². The lowest BCUT2D eigenvalue weighted by Gasteiger charge is -2.11. The smallest absolute Gasteiger partial charge is 0.286 e. The van der Waals surface area contributed by atoms with Crippen LogP contribution in [0.25, 0.3) is 0 Å². The highest BCUT2D eigenvalue weighted by molar-refractivity contribution is 7.85. The largest absolute Gasteiger partial charge is 0.367 e. The van der Waals surface area contributed by atoms with Crippen LogP contribution in [-0.4, -0.2) is 25.8 Å². The van der Waals surface area contributed by atoms with Gasteiger partial charge in [-0.25, -0.2) is 5.84 Å². The predicted octanol–water partition coefficient (Wildman–Crippen LogP) is -2.05. The van der Waals surface area contributed by atoms with E-state index in [1.807, 2.05) is 0 Å². The molecule has 0 spiro atoms. The lowest BCUT2D eigenvalue weighted by Crippen LogP contribution is -2.43. The molecule has 5 N–H and O–H groups in total. The zero-order valence-electron chi connectivity index (χ0n) is 5.23. The Labute approximate surface area is 58.1 Å². The quantitative estimate of drug-likeness (QED) is 0.189. The van der Waals surface area contributed by atoms with Crippen LogP contribution >= 0.6 is 0 Å². The first-order chi connectivity index (χ1) is 4.33. The fraction of sp³-hybridized carbons (Fsp3) is 0.500. The molecule has 0 radical (unpaired) electrons. The number of nitrogens with zero attached hydrogens (tertiary/aromatic N) is 1.